The Morgan fingerprint density at radius 1 is 1.03 bits per heavy atom. The molecule has 2 N–H and O–H groups in total. The van der Waals surface area contributed by atoms with Gasteiger partial charge in [0.15, 0.2) is 0 Å². The standard InChI is InChI=1S/C21H19BrClN5O3/c22-14-1-7-17(8-2-14)31-19-18(26-9-11-27(12-10-26)21(24)30)13-25-28(20(19)29)16-5-3-15(23)4-6-16/h1-8,13H,9-12H2,(H2,24,30). The van der Waals surface area contributed by atoms with Gasteiger partial charge < -0.3 is 20.3 Å². The summed E-state index contributed by atoms with van der Waals surface area (Å²) in [6.07, 6.45) is 1.60. The van der Waals surface area contributed by atoms with Crippen LogP contribution < -0.4 is 20.9 Å². The summed E-state index contributed by atoms with van der Waals surface area (Å²) in [4.78, 5) is 28.4. The maximum Gasteiger partial charge on any atom is 0.316 e. The van der Waals surface area contributed by atoms with Gasteiger partial charge in [-0.2, -0.15) is 9.78 Å². The first kappa shape index (κ1) is 21.2. The van der Waals surface area contributed by atoms with Crippen molar-refractivity contribution >= 4 is 39.2 Å². The van der Waals surface area contributed by atoms with E-state index >= 15 is 0 Å². The fraction of sp³-hybridized carbons (Fsp3) is 0.190. The highest BCUT2D eigenvalue weighted by molar-refractivity contribution is 9.10. The molecule has 0 saturated carbocycles. The Bertz CT molecular complexity index is 1140. The molecule has 0 unspecified atom stereocenters. The first-order valence-electron chi connectivity index (χ1n) is 9.53. The monoisotopic (exact) mass is 503 g/mol. The van der Waals surface area contributed by atoms with Crippen LogP contribution >= 0.6 is 27.5 Å². The summed E-state index contributed by atoms with van der Waals surface area (Å²) in [5.41, 5.74) is 6.10. The molecular weight excluding hydrogens is 486 g/mol. The van der Waals surface area contributed by atoms with Gasteiger partial charge >= 0.3 is 11.6 Å². The summed E-state index contributed by atoms with van der Waals surface area (Å²) >= 11 is 9.37. The van der Waals surface area contributed by atoms with Crippen LogP contribution in [0.4, 0.5) is 10.5 Å². The Labute approximate surface area is 191 Å². The van der Waals surface area contributed by atoms with E-state index in [1.807, 2.05) is 17.0 Å². The van der Waals surface area contributed by atoms with Gasteiger partial charge in [-0.05, 0) is 48.5 Å². The normalized spacial score (nSPS) is 13.9. The van der Waals surface area contributed by atoms with Gasteiger partial charge in [-0.1, -0.05) is 27.5 Å². The van der Waals surface area contributed by atoms with Crippen LogP contribution in [0.2, 0.25) is 5.02 Å². The average Bonchev–Trinajstić information content (AvgIpc) is 2.77. The van der Waals surface area contributed by atoms with Gasteiger partial charge in [0, 0.05) is 35.7 Å². The first-order valence-corrected chi connectivity index (χ1v) is 10.7. The van der Waals surface area contributed by atoms with Crippen molar-refractivity contribution in [3.8, 4) is 17.2 Å². The fourth-order valence-corrected chi connectivity index (χ4v) is 3.70. The second kappa shape index (κ2) is 8.99. The van der Waals surface area contributed by atoms with Crippen LogP contribution in [0, 0.1) is 0 Å². The molecule has 1 aliphatic heterocycles. The van der Waals surface area contributed by atoms with Crippen molar-refractivity contribution in [1.82, 2.24) is 14.7 Å². The van der Waals surface area contributed by atoms with E-state index in [9.17, 15) is 9.59 Å². The highest BCUT2D eigenvalue weighted by Crippen LogP contribution is 2.30. The van der Waals surface area contributed by atoms with E-state index in [0.29, 0.717) is 48.3 Å². The Hall–Kier alpha value is -3.04. The second-order valence-corrected chi connectivity index (χ2v) is 8.27. The number of aromatic nitrogens is 2. The van der Waals surface area contributed by atoms with Gasteiger partial charge in [0.25, 0.3) is 0 Å². The topological polar surface area (TPSA) is 93.7 Å². The molecular formula is C21H19BrClN5O3. The Morgan fingerprint density at radius 3 is 2.29 bits per heavy atom. The summed E-state index contributed by atoms with van der Waals surface area (Å²) in [5.74, 6) is 0.672. The van der Waals surface area contributed by atoms with Gasteiger partial charge in [0.1, 0.15) is 11.4 Å². The smallest absolute Gasteiger partial charge is 0.316 e. The summed E-state index contributed by atoms with van der Waals surface area (Å²) < 4.78 is 8.21. The van der Waals surface area contributed by atoms with E-state index in [0.717, 1.165) is 4.47 Å². The molecule has 0 spiro atoms. The fourth-order valence-electron chi connectivity index (χ4n) is 3.30. The van der Waals surface area contributed by atoms with Gasteiger partial charge in [0.05, 0.1) is 11.9 Å². The lowest BCUT2D eigenvalue weighted by atomic mass is 10.2. The molecule has 2 amide bonds. The third kappa shape index (κ3) is 4.67. The maximum absolute atomic E-state index is 13.4. The number of ether oxygens (including phenoxy) is 1. The molecule has 0 radical (unpaired) electrons. The molecule has 1 saturated heterocycles. The molecule has 2 heterocycles. The Morgan fingerprint density at radius 2 is 1.68 bits per heavy atom. The highest BCUT2D eigenvalue weighted by atomic mass is 79.9. The van der Waals surface area contributed by atoms with Gasteiger partial charge in [0.2, 0.25) is 5.75 Å². The number of nitrogens with zero attached hydrogens (tertiary/aromatic N) is 4. The van der Waals surface area contributed by atoms with Crippen LogP contribution in [0.5, 0.6) is 11.5 Å². The number of amides is 2. The molecule has 2 aromatic carbocycles. The Balaban J connectivity index is 1.74. The second-order valence-electron chi connectivity index (χ2n) is 6.92. The van der Waals surface area contributed by atoms with Crippen molar-refractivity contribution in [1.29, 1.82) is 0 Å². The molecule has 160 valence electrons. The molecule has 1 aliphatic rings. The number of primary amides is 1. The Kier molecular flexibility index (Phi) is 6.15. The summed E-state index contributed by atoms with van der Waals surface area (Å²) in [5, 5.41) is 4.91. The summed E-state index contributed by atoms with van der Waals surface area (Å²) in [7, 11) is 0. The molecule has 1 aromatic heterocycles. The summed E-state index contributed by atoms with van der Waals surface area (Å²) in [6.45, 7) is 1.91. The number of benzene rings is 2. The highest BCUT2D eigenvalue weighted by Gasteiger charge is 2.25. The number of hydrogen-bond donors (Lipinski definition) is 1. The first-order chi connectivity index (χ1) is 14.9. The number of nitrogens with two attached hydrogens (primary N) is 1. The maximum atomic E-state index is 13.4. The number of rotatable bonds is 4. The number of carbonyl (C=O) groups is 1. The molecule has 10 heteroatoms. The molecule has 31 heavy (non-hydrogen) atoms. The molecule has 4 rings (SSSR count). The van der Waals surface area contributed by atoms with E-state index in [1.54, 1.807) is 47.5 Å². The minimum Gasteiger partial charge on any atom is -0.449 e. The van der Waals surface area contributed by atoms with Crippen molar-refractivity contribution < 1.29 is 9.53 Å². The van der Waals surface area contributed by atoms with Crippen molar-refractivity contribution in [2.75, 3.05) is 31.1 Å². The van der Waals surface area contributed by atoms with E-state index in [2.05, 4.69) is 21.0 Å². The van der Waals surface area contributed by atoms with Crippen LogP contribution in [0.25, 0.3) is 5.69 Å². The van der Waals surface area contributed by atoms with Crippen molar-refractivity contribution in [2.45, 2.75) is 0 Å². The van der Waals surface area contributed by atoms with Gasteiger partial charge in [-0.25, -0.2) is 4.79 Å². The van der Waals surface area contributed by atoms with Crippen LogP contribution in [-0.4, -0.2) is 46.9 Å². The van der Waals surface area contributed by atoms with Gasteiger partial charge in [-0.3, -0.25) is 4.79 Å². The number of halogens is 2. The zero-order chi connectivity index (χ0) is 22.0. The molecule has 0 atom stereocenters. The van der Waals surface area contributed by atoms with E-state index in [-0.39, 0.29) is 5.75 Å². The molecule has 0 bridgehead atoms. The molecule has 8 nitrogen and oxygen atoms in total. The lowest BCUT2D eigenvalue weighted by molar-refractivity contribution is 0.204. The SMILES string of the molecule is NC(=O)N1CCN(c2cnn(-c3ccc(Cl)cc3)c(=O)c2Oc2ccc(Br)cc2)CC1. The largest absolute Gasteiger partial charge is 0.449 e. The van der Waals surface area contributed by atoms with Gasteiger partial charge in [-0.15, -0.1) is 0 Å². The van der Waals surface area contributed by atoms with Crippen molar-refractivity contribution in [3.05, 3.63) is 74.6 Å². The molecule has 0 aliphatic carbocycles. The van der Waals surface area contributed by atoms with Crippen molar-refractivity contribution in [2.24, 2.45) is 5.73 Å². The zero-order valence-corrected chi connectivity index (χ0v) is 18.7. The number of hydrogen-bond acceptors (Lipinski definition) is 5. The van der Waals surface area contributed by atoms with E-state index in [1.165, 1.54) is 4.68 Å². The molecule has 1 fully saturated rings. The molecule has 3 aromatic rings. The zero-order valence-electron chi connectivity index (χ0n) is 16.4. The predicted molar refractivity (Wildman–Crippen MR) is 122 cm³/mol. The minimum atomic E-state index is -0.456. The van der Waals surface area contributed by atoms with Crippen molar-refractivity contribution in [3.63, 3.8) is 0 Å². The van der Waals surface area contributed by atoms with Crippen LogP contribution in [0.3, 0.4) is 0 Å². The predicted octanol–water partition coefficient (Wildman–Crippen LogP) is 3.64. The number of anilines is 1. The quantitative estimate of drug-likeness (QED) is 0.585. The lowest BCUT2D eigenvalue weighted by Gasteiger charge is -2.35. The number of piperazine rings is 1. The van der Waals surface area contributed by atoms with Crippen LogP contribution in [0.15, 0.2) is 64.0 Å². The van der Waals surface area contributed by atoms with E-state index in [4.69, 9.17) is 22.1 Å². The van der Waals surface area contributed by atoms with E-state index < -0.39 is 11.6 Å². The third-order valence-corrected chi connectivity index (χ3v) is 5.73. The van der Waals surface area contributed by atoms with Crippen LogP contribution in [-0.2, 0) is 0 Å². The average molecular weight is 505 g/mol. The van der Waals surface area contributed by atoms with Crippen LogP contribution in [0.1, 0.15) is 0 Å². The third-order valence-electron chi connectivity index (χ3n) is 4.95. The lowest BCUT2D eigenvalue weighted by Crippen LogP contribution is -2.50. The summed E-state index contributed by atoms with van der Waals surface area (Å²) in [6, 6.07) is 13.6. The number of carbonyl (C=O) groups excluding carboxylic acids is 1. The minimum absolute atomic E-state index is 0.153. The number of urea groups is 1.